The van der Waals surface area contributed by atoms with Crippen molar-refractivity contribution in [2.24, 2.45) is 0 Å². The van der Waals surface area contributed by atoms with Crippen LogP contribution in [0.25, 0.3) is 0 Å². The van der Waals surface area contributed by atoms with Crippen molar-refractivity contribution >= 4 is 11.4 Å². The SMILES string of the molecule is Cc1cc(NC(C)Cc2ccccc2)ccc1N. The van der Waals surface area contributed by atoms with Crippen LogP contribution in [-0.4, -0.2) is 6.04 Å². The molecule has 0 bridgehead atoms. The van der Waals surface area contributed by atoms with Crippen LogP contribution in [0.4, 0.5) is 11.4 Å². The van der Waals surface area contributed by atoms with Crippen molar-refractivity contribution in [3.05, 3.63) is 59.7 Å². The summed E-state index contributed by atoms with van der Waals surface area (Å²) in [4.78, 5) is 0. The maximum atomic E-state index is 5.82. The zero-order chi connectivity index (χ0) is 13.0. The van der Waals surface area contributed by atoms with E-state index < -0.39 is 0 Å². The number of anilines is 2. The Morgan fingerprint density at radius 1 is 1.11 bits per heavy atom. The highest BCUT2D eigenvalue weighted by atomic mass is 14.9. The molecule has 0 saturated carbocycles. The number of nitrogen functional groups attached to an aromatic ring is 1. The summed E-state index contributed by atoms with van der Waals surface area (Å²) in [6.07, 6.45) is 1.02. The van der Waals surface area contributed by atoms with E-state index in [0.717, 1.165) is 23.4 Å². The maximum absolute atomic E-state index is 5.82. The Labute approximate surface area is 109 Å². The lowest BCUT2D eigenvalue weighted by Crippen LogP contribution is -2.18. The van der Waals surface area contributed by atoms with Gasteiger partial charge < -0.3 is 11.1 Å². The largest absolute Gasteiger partial charge is 0.399 e. The molecule has 0 aliphatic heterocycles. The molecule has 1 atom stereocenters. The van der Waals surface area contributed by atoms with E-state index in [1.165, 1.54) is 5.56 Å². The van der Waals surface area contributed by atoms with E-state index in [-0.39, 0.29) is 0 Å². The van der Waals surface area contributed by atoms with Crippen molar-refractivity contribution in [3.63, 3.8) is 0 Å². The Hall–Kier alpha value is -1.96. The van der Waals surface area contributed by atoms with E-state index in [0.29, 0.717) is 6.04 Å². The van der Waals surface area contributed by atoms with E-state index in [1.807, 2.05) is 25.1 Å². The molecule has 1 unspecified atom stereocenters. The molecule has 0 fully saturated rings. The zero-order valence-electron chi connectivity index (χ0n) is 11.0. The first kappa shape index (κ1) is 12.5. The quantitative estimate of drug-likeness (QED) is 0.801. The molecular weight excluding hydrogens is 220 g/mol. The average molecular weight is 240 g/mol. The molecule has 0 saturated heterocycles. The third-order valence-corrected chi connectivity index (χ3v) is 3.07. The van der Waals surface area contributed by atoms with Gasteiger partial charge in [0.15, 0.2) is 0 Å². The van der Waals surface area contributed by atoms with Gasteiger partial charge in [-0.25, -0.2) is 0 Å². The zero-order valence-corrected chi connectivity index (χ0v) is 11.0. The predicted octanol–water partition coefficient (Wildman–Crippen LogP) is 3.62. The Bertz CT molecular complexity index is 506. The van der Waals surface area contributed by atoms with Crippen molar-refractivity contribution in [2.45, 2.75) is 26.3 Å². The standard InChI is InChI=1S/C16H20N2/c1-12-10-15(8-9-16(12)17)18-13(2)11-14-6-4-3-5-7-14/h3-10,13,18H,11,17H2,1-2H3. The van der Waals surface area contributed by atoms with Gasteiger partial charge in [0.25, 0.3) is 0 Å². The third-order valence-electron chi connectivity index (χ3n) is 3.07. The molecule has 3 N–H and O–H groups in total. The van der Waals surface area contributed by atoms with Gasteiger partial charge in [0.2, 0.25) is 0 Å². The van der Waals surface area contributed by atoms with E-state index >= 15 is 0 Å². The van der Waals surface area contributed by atoms with Crippen LogP contribution in [-0.2, 0) is 6.42 Å². The van der Waals surface area contributed by atoms with Crippen molar-refractivity contribution in [1.29, 1.82) is 0 Å². The summed E-state index contributed by atoms with van der Waals surface area (Å²) in [5.41, 5.74) is 10.3. The summed E-state index contributed by atoms with van der Waals surface area (Å²) in [5, 5.41) is 3.50. The fourth-order valence-corrected chi connectivity index (χ4v) is 2.07. The smallest absolute Gasteiger partial charge is 0.0346 e. The fourth-order valence-electron chi connectivity index (χ4n) is 2.07. The third kappa shape index (κ3) is 3.27. The second-order valence-electron chi connectivity index (χ2n) is 4.81. The molecule has 0 aliphatic carbocycles. The highest BCUT2D eigenvalue weighted by molar-refractivity contribution is 5.57. The molecule has 0 aliphatic rings. The Kier molecular flexibility index (Phi) is 3.88. The topological polar surface area (TPSA) is 38.0 Å². The number of aryl methyl sites for hydroxylation is 1. The van der Waals surface area contributed by atoms with Gasteiger partial charge in [0.05, 0.1) is 0 Å². The number of hydrogen-bond acceptors (Lipinski definition) is 2. The summed E-state index contributed by atoms with van der Waals surface area (Å²) < 4.78 is 0. The molecule has 94 valence electrons. The van der Waals surface area contributed by atoms with Crippen LogP contribution in [0.3, 0.4) is 0 Å². The van der Waals surface area contributed by atoms with E-state index in [9.17, 15) is 0 Å². The molecule has 2 rings (SSSR count). The van der Waals surface area contributed by atoms with Crippen LogP contribution in [0.5, 0.6) is 0 Å². The first-order valence-corrected chi connectivity index (χ1v) is 6.32. The van der Waals surface area contributed by atoms with Gasteiger partial charge in [0.1, 0.15) is 0 Å². The maximum Gasteiger partial charge on any atom is 0.0346 e. The Morgan fingerprint density at radius 3 is 2.50 bits per heavy atom. The Balaban J connectivity index is 1.99. The van der Waals surface area contributed by atoms with E-state index in [2.05, 4.69) is 42.6 Å². The molecule has 0 aromatic heterocycles. The monoisotopic (exact) mass is 240 g/mol. The van der Waals surface area contributed by atoms with Crippen molar-refractivity contribution in [3.8, 4) is 0 Å². The van der Waals surface area contributed by atoms with Gasteiger partial charge >= 0.3 is 0 Å². The van der Waals surface area contributed by atoms with Crippen molar-refractivity contribution < 1.29 is 0 Å². The molecule has 2 nitrogen and oxygen atoms in total. The lowest BCUT2D eigenvalue weighted by Gasteiger charge is -2.16. The first-order valence-electron chi connectivity index (χ1n) is 6.32. The summed E-state index contributed by atoms with van der Waals surface area (Å²) in [6, 6.07) is 17.0. The minimum Gasteiger partial charge on any atom is -0.399 e. The van der Waals surface area contributed by atoms with Gasteiger partial charge in [-0.3, -0.25) is 0 Å². The summed E-state index contributed by atoms with van der Waals surface area (Å²) in [6.45, 7) is 4.22. The molecule has 0 amide bonds. The number of nitrogens with two attached hydrogens (primary N) is 1. The number of hydrogen-bond donors (Lipinski definition) is 2. The number of nitrogens with one attached hydrogen (secondary N) is 1. The number of benzene rings is 2. The fraction of sp³-hybridized carbons (Fsp3) is 0.250. The van der Waals surface area contributed by atoms with Gasteiger partial charge in [0, 0.05) is 17.4 Å². The second-order valence-corrected chi connectivity index (χ2v) is 4.81. The van der Waals surface area contributed by atoms with Gasteiger partial charge in [-0.2, -0.15) is 0 Å². The van der Waals surface area contributed by atoms with Crippen molar-refractivity contribution in [2.75, 3.05) is 11.1 Å². The molecule has 2 aromatic carbocycles. The van der Waals surface area contributed by atoms with Crippen LogP contribution in [0.2, 0.25) is 0 Å². The molecular formula is C16H20N2. The highest BCUT2D eigenvalue weighted by Crippen LogP contribution is 2.18. The summed E-state index contributed by atoms with van der Waals surface area (Å²) >= 11 is 0. The summed E-state index contributed by atoms with van der Waals surface area (Å²) in [5.74, 6) is 0. The van der Waals surface area contributed by atoms with Gasteiger partial charge in [-0.05, 0) is 49.6 Å². The molecule has 0 heterocycles. The minimum absolute atomic E-state index is 0.399. The van der Waals surface area contributed by atoms with Crippen LogP contribution < -0.4 is 11.1 Å². The lowest BCUT2D eigenvalue weighted by atomic mass is 10.1. The second kappa shape index (κ2) is 5.58. The highest BCUT2D eigenvalue weighted by Gasteiger charge is 2.04. The molecule has 0 spiro atoms. The number of rotatable bonds is 4. The van der Waals surface area contributed by atoms with Crippen LogP contribution in [0, 0.1) is 6.92 Å². The van der Waals surface area contributed by atoms with Crippen molar-refractivity contribution in [1.82, 2.24) is 0 Å². The van der Waals surface area contributed by atoms with Crippen LogP contribution >= 0.6 is 0 Å². The first-order chi connectivity index (χ1) is 8.65. The van der Waals surface area contributed by atoms with Gasteiger partial charge in [-0.15, -0.1) is 0 Å². The van der Waals surface area contributed by atoms with E-state index in [1.54, 1.807) is 0 Å². The van der Waals surface area contributed by atoms with Gasteiger partial charge in [-0.1, -0.05) is 30.3 Å². The molecule has 2 heteroatoms. The molecule has 2 aromatic rings. The predicted molar refractivity (Wildman–Crippen MR) is 78.8 cm³/mol. The molecule has 18 heavy (non-hydrogen) atoms. The lowest BCUT2D eigenvalue weighted by molar-refractivity contribution is 0.790. The Morgan fingerprint density at radius 2 is 1.83 bits per heavy atom. The summed E-state index contributed by atoms with van der Waals surface area (Å²) in [7, 11) is 0. The molecule has 0 radical (unpaired) electrons. The van der Waals surface area contributed by atoms with Crippen LogP contribution in [0.1, 0.15) is 18.1 Å². The normalized spacial score (nSPS) is 12.1. The average Bonchev–Trinajstić information content (AvgIpc) is 2.35. The van der Waals surface area contributed by atoms with E-state index in [4.69, 9.17) is 5.73 Å². The van der Waals surface area contributed by atoms with Crippen LogP contribution in [0.15, 0.2) is 48.5 Å². The minimum atomic E-state index is 0.399.